The summed E-state index contributed by atoms with van der Waals surface area (Å²) in [6.45, 7) is 2.06. The molecule has 3 nitrogen and oxygen atoms in total. The van der Waals surface area contributed by atoms with Crippen molar-refractivity contribution in [1.29, 1.82) is 0 Å². The van der Waals surface area contributed by atoms with Crippen molar-refractivity contribution in [3.8, 4) is 0 Å². The largest absolute Gasteiger partial charge is 0.365 e. The first-order valence-electron chi connectivity index (χ1n) is 4.72. The zero-order chi connectivity index (χ0) is 9.97. The monoisotopic (exact) mass is 207 g/mol. The summed E-state index contributed by atoms with van der Waals surface area (Å²) in [4.78, 5) is 5.23. The predicted octanol–water partition coefficient (Wildman–Crippen LogP) is 1.38. The Morgan fingerprint density at radius 2 is 2.36 bits per heavy atom. The third-order valence-electron chi connectivity index (χ3n) is 2.26. The van der Waals surface area contributed by atoms with Crippen LogP contribution in [0.5, 0.6) is 0 Å². The van der Waals surface area contributed by atoms with Crippen LogP contribution in [0.3, 0.4) is 0 Å². The Bertz CT molecular complexity index is 325. The van der Waals surface area contributed by atoms with Crippen molar-refractivity contribution in [3.05, 3.63) is 30.1 Å². The van der Waals surface area contributed by atoms with E-state index in [1.165, 1.54) is 0 Å². The highest BCUT2D eigenvalue weighted by molar-refractivity contribution is 7.80. The molecule has 1 fully saturated rings. The molecule has 1 aromatic heterocycles. The number of aromatic nitrogens is 1. The number of hydrogen-bond acceptors (Lipinski definition) is 3. The van der Waals surface area contributed by atoms with E-state index in [0.717, 1.165) is 17.1 Å². The van der Waals surface area contributed by atoms with Crippen LogP contribution in [0.15, 0.2) is 24.4 Å². The predicted molar refractivity (Wildman–Crippen MR) is 59.9 cm³/mol. The lowest BCUT2D eigenvalue weighted by atomic mass is 10.1. The molecule has 14 heavy (non-hydrogen) atoms. The van der Waals surface area contributed by atoms with Crippen LogP contribution in [0.2, 0.25) is 0 Å². The molecular formula is C10H13N3S. The van der Waals surface area contributed by atoms with Gasteiger partial charge >= 0.3 is 0 Å². The molecule has 4 heteroatoms. The summed E-state index contributed by atoms with van der Waals surface area (Å²) in [6.07, 6.45) is 2.87. The molecule has 2 heterocycles. The Balaban J connectivity index is 2.15. The summed E-state index contributed by atoms with van der Waals surface area (Å²) in [5, 5.41) is 6.57. The molecule has 74 valence electrons. The van der Waals surface area contributed by atoms with Crippen LogP contribution < -0.4 is 10.6 Å². The van der Waals surface area contributed by atoms with E-state index in [9.17, 15) is 0 Å². The average Bonchev–Trinajstić information content (AvgIpc) is 2.18. The maximum absolute atomic E-state index is 5.18. The molecule has 0 amide bonds. The average molecular weight is 207 g/mol. The van der Waals surface area contributed by atoms with Crippen LogP contribution in [-0.4, -0.2) is 16.1 Å². The van der Waals surface area contributed by atoms with Gasteiger partial charge in [-0.2, -0.15) is 0 Å². The molecule has 2 N–H and O–H groups in total. The number of rotatable bonds is 1. The van der Waals surface area contributed by atoms with E-state index < -0.39 is 0 Å². The van der Waals surface area contributed by atoms with Gasteiger partial charge in [0.15, 0.2) is 0 Å². The molecule has 2 atom stereocenters. The van der Waals surface area contributed by atoms with Crippen molar-refractivity contribution in [1.82, 2.24) is 15.6 Å². The second-order valence-electron chi connectivity index (χ2n) is 3.47. The van der Waals surface area contributed by atoms with Gasteiger partial charge < -0.3 is 5.32 Å². The van der Waals surface area contributed by atoms with Gasteiger partial charge in [-0.15, -0.1) is 0 Å². The van der Waals surface area contributed by atoms with Gasteiger partial charge in [-0.3, -0.25) is 10.3 Å². The van der Waals surface area contributed by atoms with Crippen LogP contribution in [0.1, 0.15) is 25.1 Å². The van der Waals surface area contributed by atoms with Crippen LogP contribution in [0.25, 0.3) is 0 Å². The lowest BCUT2D eigenvalue weighted by Crippen LogP contribution is -2.50. The van der Waals surface area contributed by atoms with E-state index in [2.05, 4.69) is 22.5 Å². The Morgan fingerprint density at radius 3 is 3.00 bits per heavy atom. The first-order chi connectivity index (χ1) is 6.75. The molecule has 0 saturated carbocycles. The minimum atomic E-state index is 0.225. The first kappa shape index (κ1) is 9.55. The highest BCUT2D eigenvalue weighted by Crippen LogP contribution is 2.17. The third kappa shape index (κ3) is 2.08. The zero-order valence-electron chi connectivity index (χ0n) is 8.03. The van der Waals surface area contributed by atoms with Gasteiger partial charge in [0, 0.05) is 12.6 Å². The molecule has 0 radical (unpaired) electrons. The van der Waals surface area contributed by atoms with E-state index in [4.69, 9.17) is 12.2 Å². The lowest BCUT2D eigenvalue weighted by molar-refractivity contribution is 0.406. The number of nitrogens with one attached hydrogen (secondary N) is 2. The molecule has 1 aliphatic rings. The second kappa shape index (κ2) is 4.02. The third-order valence-corrected chi connectivity index (χ3v) is 2.55. The first-order valence-corrected chi connectivity index (χ1v) is 5.13. The minimum Gasteiger partial charge on any atom is -0.365 e. The summed E-state index contributed by atoms with van der Waals surface area (Å²) < 4.78 is 0. The molecule has 1 aromatic rings. The number of nitrogens with zero attached hydrogens (tertiary/aromatic N) is 1. The van der Waals surface area contributed by atoms with E-state index >= 15 is 0 Å². The molecule has 1 saturated heterocycles. The van der Waals surface area contributed by atoms with Crippen molar-refractivity contribution in [3.63, 3.8) is 0 Å². The Kier molecular flexibility index (Phi) is 2.74. The molecule has 0 spiro atoms. The number of thiocarbonyl (C=S) groups is 1. The summed E-state index contributed by atoms with van der Waals surface area (Å²) in [5.41, 5.74) is 1.06. The standard InChI is InChI=1S/C10H13N3S/c1-7-12-9(6-10(14)13-7)8-4-2-3-5-11-8/h2-5,7,9,12H,6H2,1H3,(H,13,14). The summed E-state index contributed by atoms with van der Waals surface area (Å²) in [6, 6.07) is 6.20. The Labute approximate surface area is 88.9 Å². The zero-order valence-corrected chi connectivity index (χ0v) is 8.84. The Morgan fingerprint density at radius 1 is 1.50 bits per heavy atom. The van der Waals surface area contributed by atoms with Crippen LogP contribution in [0, 0.1) is 0 Å². The fourth-order valence-electron chi connectivity index (χ4n) is 1.66. The summed E-state index contributed by atoms with van der Waals surface area (Å²) in [5.74, 6) is 0. The molecule has 0 aliphatic carbocycles. The maximum atomic E-state index is 5.18. The molecule has 2 unspecified atom stereocenters. The van der Waals surface area contributed by atoms with Crippen molar-refractivity contribution in [2.75, 3.05) is 0 Å². The van der Waals surface area contributed by atoms with E-state index in [0.29, 0.717) is 0 Å². The fraction of sp³-hybridized carbons (Fsp3) is 0.400. The molecule has 0 aromatic carbocycles. The van der Waals surface area contributed by atoms with Gasteiger partial charge in [0.1, 0.15) is 0 Å². The maximum Gasteiger partial charge on any atom is 0.0785 e. The van der Waals surface area contributed by atoms with E-state index in [1.807, 2.05) is 24.4 Å². The summed E-state index contributed by atoms with van der Waals surface area (Å²) in [7, 11) is 0. The highest BCUT2D eigenvalue weighted by Gasteiger charge is 2.22. The lowest BCUT2D eigenvalue weighted by Gasteiger charge is -2.30. The number of hydrogen-bond donors (Lipinski definition) is 2. The van der Waals surface area contributed by atoms with Gasteiger partial charge in [0.25, 0.3) is 0 Å². The molecule has 2 rings (SSSR count). The van der Waals surface area contributed by atoms with E-state index in [-0.39, 0.29) is 12.2 Å². The van der Waals surface area contributed by atoms with Gasteiger partial charge in [-0.1, -0.05) is 18.3 Å². The normalized spacial score (nSPS) is 27.1. The molecule has 1 aliphatic heterocycles. The topological polar surface area (TPSA) is 37.0 Å². The van der Waals surface area contributed by atoms with Crippen molar-refractivity contribution < 1.29 is 0 Å². The van der Waals surface area contributed by atoms with Gasteiger partial charge in [-0.05, 0) is 19.1 Å². The van der Waals surface area contributed by atoms with Gasteiger partial charge in [-0.25, -0.2) is 0 Å². The van der Waals surface area contributed by atoms with Crippen LogP contribution >= 0.6 is 12.2 Å². The quantitative estimate of drug-likeness (QED) is 0.682. The van der Waals surface area contributed by atoms with Crippen molar-refractivity contribution in [2.24, 2.45) is 0 Å². The molecule has 0 bridgehead atoms. The Hall–Kier alpha value is -1.00. The summed E-state index contributed by atoms with van der Waals surface area (Å²) >= 11 is 5.18. The minimum absolute atomic E-state index is 0.225. The molecular weight excluding hydrogens is 194 g/mol. The number of pyridine rings is 1. The van der Waals surface area contributed by atoms with Crippen LogP contribution in [-0.2, 0) is 0 Å². The fourth-order valence-corrected chi connectivity index (χ4v) is 2.00. The highest BCUT2D eigenvalue weighted by atomic mass is 32.1. The second-order valence-corrected chi connectivity index (χ2v) is 3.96. The van der Waals surface area contributed by atoms with Crippen molar-refractivity contribution in [2.45, 2.75) is 25.6 Å². The smallest absolute Gasteiger partial charge is 0.0785 e. The SMILES string of the molecule is CC1NC(=S)CC(c2ccccn2)N1. The van der Waals surface area contributed by atoms with Crippen molar-refractivity contribution >= 4 is 17.2 Å². The van der Waals surface area contributed by atoms with Crippen LogP contribution in [0.4, 0.5) is 0 Å². The van der Waals surface area contributed by atoms with Gasteiger partial charge in [0.2, 0.25) is 0 Å². The van der Waals surface area contributed by atoms with Gasteiger partial charge in [0.05, 0.1) is 22.9 Å². The van der Waals surface area contributed by atoms with E-state index in [1.54, 1.807) is 0 Å².